The van der Waals surface area contributed by atoms with Crippen molar-refractivity contribution in [3.05, 3.63) is 23.9 Å². The molecule has 0 aliphatic carbocycles. The minimum Gasteiger partial charge on any atom is -0.373 e. The number of likely N-dealkylation sites (tertiary alicyclic amines) is 1. The molecule has 0 saturated carbocycles. The van der Waals surface area contributed by atoms with Gasteiger partial charge in [-0.2, -0.15) is 0 Å². The zero-order chi connectivity index (χ0) is 13.9. The van der Waals surface area contributed by atoms with E-state index in [1.165, 1.54) is 0 Å². The minimum atomic E-state index is 0.0564. The first-order valence-electron chi connectivity index (χ1n) is 7.08. The Morgan fingerprint density at radius 1 is 1.42 bits per heavy atom. The second kappa shape index (κ2) is 5.59. The van der Waals surface area contributed by atoms with Gasteiger partial charge in [-0.25, -0.2) is 4.98 Å². The van der Waals surface area contributed by atoms with Gasteiger partial charge in [0.25, 0.3) is 5.91 Å². The summed E-state index contributed by atoms with van der Waals surface area (Å²) in [4.78, 5) is 18.8. The van der Waals surface area contributed by atoms with E-state index in [2.05, 4.69) is 24.1 Å². The van der Waals surface area contributed by atoms with Crippen LogP contribution in [0.3, 0.4) is 0 Å². The van der Waals surface area contributed by atoms with Crippen molar-refractivity contribution in [1.82, 2.24) is 9.88 Å². The van der Waals surface area contributed by atoms with E-state index in [4.69, 9.17) is 0 Å². The van der Waals surface area contributed by atoms with Crippen LogP contribution >= 0.6 is 0 Å². The lowest BCUT2D eigenvalue weighted by atomic mass is 9.82. The number of nitrogens with zero attached hydrogens (tertiary/aromatic N) is 2. The van der Waals surface area contributed by atoms with Crippen LogP contribution in [0.2, 0.25) is 0 Å². The van der Waals surface area contributed by atoms with E-state index in [-0.39, 0.29) is 5.91 Å². The Labute approximate surface area is 115 Å². The lowest BCUT2D eigenvalue weighted by Crippen LogP contribution is -2.32. The molecular formula is C15H23N3O. The molecule has 1 amide bonds. The molecule has 1 aromatic heterocycles. The van der Waals surface area contributed by atoms with Crippen molar-refractivity contribution in [2.45, 2.75) is 33.1 Å². The van der Waals surface area contributed by atoms with Gasteiger partial charge in [-0.1, -0.05) is 19.9 Å². The summed E-state index contributed by atoms with van der Waals surface area (Å²) in [6.45, 7) is 6.16. The Morgan fingerprint density at radius 2 is 2.16 bits per heavy atom. The lowest BCUT2D eigenvalue weighted by Gasteiger charge is -2.26. The van der Waals surface area contributed by atoms with Crippen molar-refractivity contribution < 1.29 is 4.79 Å². The SMILES string of the molecule is CCC1(CC)CCN(C(=O)c2cccc(NC)n2)C1. The first-order chi connectivity index (χ1) is 9.14. The Morgan fingerprint density at radius 3 is 2.74 bits per heavy atom. The van der Waals surface area contributed by atoms with Crippen LogP contribution in [0, 0.1) is 5.41 Å². The van der Waals surface area contributed by atoms with E-state index in [9.17, 15) is 4.79 Å². The minimum absolute atomic E-state index is 0.0564. The highest BCUT2D eigenvalue weighted by molar-refractivity contribution is 5.92. The highest BCUT2D eigenvalue weighted by atomic mass is 16.2. The number of anilines is 1. The molecule has 1 N–H and O–H groups in total. The molecule has 0 unspecified atom stereocenters. The lowest BCUT2D eigenvalue weighted by molar-refractivity contribution is 0.0764. The molecule has 4 heteroatoms. The highest BCUT2D eigenvalue weighted by Gasteiger charge is 2.37. The van der Waals surface area contributed by atoms with E-state index < -0.39 is 0 Å². The number of hydrogen-bond acceptors (Lipinski definition) is 3. The van der Waals surface area contributed by atoms with Gasteiger partial charge in [0, 0.05) is 20.1 Å². The fraction of sp³-hybridized carbons (Fsp3) is 0.600. The molecule has 1 aliphatic rings. The first kappa shape index (κ1) is 13.8. The smallest absolute Gasteiger partial charge is 0.272 e. The van der Waals surface area contributed by atoms with Crippen LogP contribution in [0.15, 0.2) is 18.2 Å². The van der Waals surface area contributed by atoms with Crippen LogP contribution in [-0.2, 0) is 0 Å². The van der Waals surface area contributed by atoms with Crippen molar-refractivity contribution in [1.29, 1.82) is 0 Å². The van der Waals surface area contributed by atoms with Crippen LogP contribution in [0.25, 0.3) is 0 Å². The third kappa shape index (κ3) is 2.72. The number of carbonyl (C=O) groups excluding carboxylic acids is 1. The summed E-state index contributed by atoms with van der Waals surface area (Å²) in [6, 6.07) is 5.53. The molecule has 4 nitrogen and oxygen atoms in total. The number of pyridine rings is 1. The zero-order valence-electron chi connectivity index (χ0n) is 12.1. The summed E-state index contributed by atoms with van der Waals surface area (Å²) in [7, 11) is 1.81. The molecule has 0 radical (unpaired) electrons. The number of nitrogens with one attached hydrogen (secondary N) is 1. The van der Waals surface area contributed by atoms with Gasteiger partial charge >= 0.3 is 0 Å². The second-order valence-electron chi connectivity index (χ2n) is 5.34. The number of aromatic nitrogens is 1. The quantitative estimate of drug-likeness (QED) is 0.906. The number of rotatable bonds is 4. The third-order valence-electron chi connectivity index (χ3n) is 4.45. The molecule has 1 fully saturated rings. The largest absolute Gasteiger partial charge is 0.373 e. The van der Waals surface area contributed by atoms with E-state index in [0.29, 0.717) is 11.1 Å². The van der Waals surface area contributed by atoms with Crippen LogP contribution in [0.1, 0.15) is 43.6 Å². The Hall–Kier alpha value is -1.58. The van der Waals surface area contributed by atoms with Crippen molar-refractivity contribution in [3.63, 3.8) is 0 Å². The third-order valence-corrected chi connectivity index (χ3v) is 4.45. The van der Waals surface area contributed by atoms with Gasteiger partial charge < -0.3 is 10.2 Å². The molecule has 0 bridgehead atoms. The number of hydrogen-bond donors (Lipinski definition) is 1. The molecule has 1 saturated heterocycles. The Kier molecular flexibility index (Phi) is 4.08. The van der Waals surface area contributed by atoms with Crippen LogP contribution in [-0.4, -0.2) is 35.9 Å². The van der Waals surface area contributed by atoms with E-state index in [0.717, 1.165) is 38.2 Å². The standard InChI is InChI=1S/C15H23N3O/c1-4-15(5-2)9-10-18(11-15)14(19)12-7-6-8-13(16-3)17-12/h6-8H,4-5,9-11H2,1-3H3,(H,16,17). The van der Waals surface area contributed by atoms with Crippen molar-refractivity contribution >= 4 is 11.7 Å². The average Bonchev–Trinajstić information content (AvgIpc) is 2.91. The summed E-state index contributed by atoms with van der Waals surface area (Å²) >= 11 is 0. The van der Waals surface area contributed by atoms with Gasteiger partial charge in [0.2, 0.25) is 0 Å². The normalized spacial score (nSPS) is 17.5. The molecule has 2 heterocycles. The maximum absolute atomic E-state index is 12.5. The topological polar surface area (TPSA) is 45.2 Å². The Balaban J connectivity index is 2.13. The summed E-state index contributed by atoms with van der Waals surface area (Å²) in [5, 5.41) is 2.97. The fourth-order valence-electron chi connectivity index (χ4n) is 2.79. The van der Waals surface area contributed by atoms with E-state index in [1.807, 2.05) is 24.1 Å². The maximum Gasteiger partial charge on any atom is 0.272 e. The molecule has 0 atom stereocenters. The van der Waals surface area contributed by atoms with Gasteiger partial charge in [-0.15, -0.1) is 0 Å². The van der Waals surface area contributed by atoms with Gasteiger partial charge in [0.15, 0.2) is 0 Å². The molecular weight excluding hydrogens is 238 g/mol. The molecule has 2 rings (SSSR count). The van der Waals surface area contributed by atoms with Crippen molar-refractivity contribution in [2.24, 2.45) is 5.41 Å². The second-order valence-corrected chi connectivity index (χ2v) is 5.34. The molecule has 104 valence electrons. The van der Waals surface area contributed by atoms with E-state index >= 15 is 0 Å². The molecule has 0 aromatic carbocycles. The van der Waals surface area contributed by atoms with Crippen molar-refractivity contribution in [3.8, 4) is 0 Å². The monoisotopic (exact) mass is 261 g/mol. The molecule has 1 aliphatic heterocycles. The first-order valence-corrected chi connectivity index (χ1v) is 7.08. The van der Waals surface area contributed by atoms with Crippen LogP contribution < -0.4 is 5.32 Å². The fourth-order valence-corrected chi connectivity index (χ4v) is 2.79. The summed E-state index contributed by atoms with van der Waals surface area (Å²) < 4.78 is 0. The molecule has 19 heavy (non-hydrogen) atoms. The predicted octanol–water partition coefficient (Wildman–Crippen LogP) is 2.78. The van der Waals surface area contributed by atoms with Gasteiger partial charge in [-0.05, 0) is 36.8 Å². The van der Waals surface area contributed by atoms with Gasteiger partial charge in [-0.3, -0.25) is 4.79 Å². The highest BCUT2D eigenvalue weighted by Crippen LogP contribution is 2.37. The predicted molar refractivity (Wildman–Crippen MR) is 77.3 cm³/mol. The maximum atomic E-state index is 12.5. The van der Waals surface area contributed by atoms with E-state index in [1.54, 1.807) is 6.07 Å². The van der Waals surface area contributed by atoms with Crippen molar-refractivity contribution in [2.75, 3.05) is 25.5 Å². The zero-order valence-corrected chi connectivity index (χ0v) is 12.1. The number of amides is 1. The molecule has 1 aromatic rings. The summed E-state index contributed by atoms with van der Waals surface area (Å²) in [6.07, 6.45) is 3.38. The summed E-state index contributed by atoms with van der Waals surface area (Å²) in [5.41, 5.74) is 0.853. The Bertz CT molecular complexity index is 454. The van der Waals surface area contributed by atoms with Crippen LogP contribution in [0.4, 0.5) is 5.82 Å². The average molecular weight is 261 g/mol. The number of carbonyl (C=O) groups is 1. The van der Waals surface area contributed by atoms with Gasteiger partial charge in [0.05, 0.1) is 0 Å². The molecule has 0 spiro atoms. The van der Waals surface area contributed by atoms with Crippen LogP contribution in [0.5, 0.6) is 0 Å². The summed E-state index contributed by atoms with van der Waals surface area (Å²) in [5.74, 6) is 0.795. The van der Waals surface area contributed by atoms with Gasteiger partial charge in [0.1, 0.15) is 11.5 Å².